The van der Waals surface area contributed by atoms with Crippen LogP contribution in [0.15, 0.2) is 71.5 Å². The zero-order valence-corrected chi connectivity index (χ0v) is 15.3. The summed E-state index contributed by atoms with van der Waals surface area (Å²) in [5.41, 5.74) is 1.90. The zero-order chi connectivity index (χ0) is 17.6. The molecule has 5 nitrogen and oxygen atoms in total. The predicted molar refractivity (Wildman–Crippen MR) is 99.6 cm³/mol. The molecule has 6 heteroatoms. The van der Waals surface area contributed by atoms with Gasteiger partial charge in [0.25, 0.3) is 5.91 Å². The average molecular weight is 400 g/mol. The summed E-state index contributed by atoms with van der Waals surface area (Å²) in [6.07, 6.45) is 3.06. The number of benzene rings is 2. The number of rotatable bonds is 6. The first kappa shape index (κ1) is 17.2. The maximum absolute atomic E-state index is 12.2. The number of halogens is 1. The maximum atomic E-state index is 12.2. The molecule has 128 valence electrons. The SMILES string of the molecule is C[C@H](Oc1ccc(Br)cc1)C(=O)NCc1cnn(-c2ccccc2)c1. The Labute approximate surface area is 154 Å². The van der Waals surface area contributed by atoms with Gasteiger partial charge in [-0.1, -0.05) is 34.1 Å². The lowest BCUT2D eigenvalue weighted by atomic mass is 10.3. The van der Waals surface area contributed by atoms with E-state index in [1.807, 2.05) is 60.8 Å². The van der Waals surface area contributed by atoms with Gasteiger partial charge in [0.2, 0.25) is 0 Å². The third-order valence-electron chi connectivity index (χ3n) is 3.62. The molecule has 1 N–H and O–H groups in total. The quantitative estimate of drug-likeness (QED) is 0.686. The summed E-state index contributed by atoms with van der Waals surface area (Å²) in [5, 5.41) is 7.18. The minimum absolute atomic E-state index is 0.171. The molecule has 1 aromatic heterocycles. The number of nitrogens with one attached hydrogen (secondary N) is 1. The van der Waals surface area contributed by atoms with Gasteiger partial charge in [0.1, 0.15) is 5.75 Å². The molecule has 0 unspecified atom stereocenters. The molecule has 25 heavy (non-hydrogen) atoms. The normalized spacial score (nSPS) is 11.8. The van der Waals surface area contributed by atoms with E-state index in [0.29, 0.717) is 12.3 Å². The van der Waals surface area contributed by atoms with Crippen molar-refractivity contribution in [3.63, 3.8) is 0 Å². The van der Waals surface area contributed by atoms with Gasteiger partial charge in [0, 0.05) is 22.8 Å². The van der Waals surface area contributed by atoms with Gasteiger partial charge < -0.3 is 10.1 Å². The number of amides is 1. The highest BCUT2D eigenvalue weighted by Crippen LogP contribution is 2.17. The molecule has 0 spiro atoms. The smallest absolute Gasteiger partial charge is 0.261 e. The molecular formula is C19H18BrN3O2. The van der Waals surface area contributed by atoms with E-state index in [1.165, 1.54) is 0 Å². The Hall–Kier alpha value is -2.60. The highest BCUT2D eigenvalue weighted by Gasteiger charge is 2.14. The van der Waals surface area contributed by atoms with Crippen LogP contribution in [-0.2, 0) is 11.3 Å². The van der Waals surface area contributed by atoms with Crippen molar-refractivity contribution in [3.8, 4) is 11.4 Å². The summed E-state index contributed by atoms with van der Waals surface area (Å²) in [4.78, 5) is 12.2. The van der Waals surface area contributed by atoms with Crippen LogP contribution in [0.1, 0.15) is 12.5 Å². The van der Waals surface area contributed by atoms with E-state index >= 15 is 0 Å². The van der Waals surface area contributed by atoms with E-state index in [1.54, 1.807) is 17.8 Å². The van der Waals surface area contributed by atoms with Crippen molar-refractivity contribution in [1.29, 1.82) is 0 Å². The first-order chi connectivity index (χ1) is 12.1. The van der Waals surface area contributed by atoms with Crippen LogP contribution in [0, 0.1) is 0 Å². The lowest BCUT2D eigenvalue weighted by molar-refractivity contribution is -0.127. The Morgan fingerprint density at radius 2 is 1.92 bits per heavy atom. The number of para-hydroxylation sites is 1. The fraction of sp³-hybridized carbons (Fsp3) is 0.158. The van der Waals surface area contributed by atoms with E-state index in [2.05, 4.69) is 26.3 Å². The van der Waals surface area contributed by atoms with Crippen LogP contribution in [0.4, 0.5) is 0 Å². The monoisotopic (exact) mass is 399 g/mol. The summed E-state index contributed by atoms with van der Waals surface area (Å²) in [5.74, 6) is 0.484. The zero-order valence-electron chi connectivity index (χ0n) is 13.7. The van der Waals surface area contributed by atoms with Crippen LogP contribution < -0.4 is 10.1 Å². The second kappa shape index (κ2) is 7.98. The van der Waals surface area contributed by atoms with E-state index in [9.17, 15) is 4.79 Å². The van der Waals surface area contributed by atoms with E-state index in [-0.39, 0.29) is 5.91 Å². The lowest BCUT2D eigenvalue weighted by Crippen LogP contribution is -2.35. The minimum Gasteiger partial charge on any atom is -0.481 e. The van der Waals surface area contributed by atoms with Crippen LogP contribution in [-0.4, -0.2) is 21.8 Å². The molecule has 0 aliphatic carbocycles. The van der Waals surface area contributed by atoms with Crippen LogP contribution in [0.3, 0.4) is 0 Å². The summed E-state index contributed by atoms with van der Waals surface area (Å²) < 4.78 is 8.39. The third-order valence-corrected chi connectivity index (χ3v) is 4.15. The van der Waals surface area contributed by atoms with Gasteiger partial charge in [-0.25, -0.2) is 4.68 Å². The average Bonchev–Trinajstić information content (AvgIpc) is 3.11. The van der Waals surface area contributed by atoms with Crippen LogP contribution >= 0.6 is 15.9 Å². The number of aromatic nitrogens is 2. The lowest BCUT2D eigenvalue weighted by Gasteiger charge is -2.14. The van der Waals surface area contributed by atoms with Gasteiger partial charge in [-0.3, -0.25) is 4.79 Å². The van der Waals surface area contributed by atoms with Crippen LogP contribution in [0.5, 0.6) is 5.75 Å². The Kier molecular flexibility index (Phi) is 5.50. The molecule has 0 saturated carbocycles. The molecule has 1 amide bonds. The number of carbonyl (C=O) groups excluding carboxylic acids is 1. The van der Waals surface area contributed by atoms with E-state index < -0.39 is 6.10 Å². The Balaban J connectivity index is 1.53. The van der Waals surface area contributed by atoms with Crippen molar-refractivity contribution in [2.75, 3.05) is 0 Å². The van der Waals surface area contributed by atoms with Gasteiger partial charge in [-0.15, -0.1) is 0 Å². The number of ether oxygens (including phenoxy) is 1. The van der Waals surface area contributed by atoms with Gasteiger partial charge in [0.15, 0.2) is 6.10 Å². The molecule has 1 heterocycles. The highest BCUT2D eigenvalue weighted by molar-refractivity contribution is 9.10. The molecule has 0 aliphatic heterocycles. The van der Waals surface area contributed by atoms with E-state index in [0.717, 1.165) is 15.7 Å². The molecule has 0 fully saturated rings. The Morgan fingerprint density at radius 1 is 1.20 bits per heavy atom. The van der Waals surface area contributed by atoms with Crippen LogP contribution in [0.25, 0.3) is 5.69 Å². The second-order valence-electron chi connectivity index (χ2n) is 5.56. The Bertz CT molecular complexity index is 831. The molecule has 0 radical (unpaired) electrons. The molecule has 1 atom stereocenters. The van der Waals surface area contributed by atoms with Crippen molar-refractivity contribution in [1.82, 2.24) is 15.1 Å². The molecule has 3 aromatic rings. The largest absolute Gasteiger partial charge is 0.481 e. The van der Waals surface area contributed by atoms with Gasteiger partial charge in [0.05, 0.1) is 11.9 Å². The summed E-state index contributed by atoms with van der Waals surface area (Å²) in [7, 11) is 0. The topological polar surface area (TPSA) is 56.1 Å². The first-order valence-electron chi connectivity index (χ1n) is 7.91. The molecule has 0 bridgehead atoms. The number of hydrogen-bond donors (Lipinski definition) is 1. The number of nitrogens with zero attached hydrogens (tertiary/aromatic N) is 2. The predicted octanol–water partition coefficient (Wildman–Crippen LogP) is 3.72. The van der Waals surface area contributed by atoms with Crippen molar-refractivity contribution in [3.05, 3.63) is 77.0 Å². The van der Waals surface area contributed by atoms with Gasteiger partial charge >= 0.3 is 0 Å². The minimum atomic E-state index is -0.578. The molecule has 0 saturated heterocycles. The van der Waals surface area contributed by atoms with Crippen molar-refractivity contribution >= 4 is 21.8 Å². The summed E-state index contributed by atoms with van der Waals surface area (Å²) >= 11 is 3.37. The second-order valence-corrected chi connectivity index (χ2v) is 6.48. The third kappa shape index (κ3) is 4.70. The Morgan fingerprint density at radius 3 is 2.64 bits per heavy atom. The summed E-state index contributed by atoms with van der Waals surface area (Å²) in [6.45, 7) is 2.13. The van der Waals surface area contributed by atoms with Crippen molar-refractivity contribution in [2.24, 2.45) is 0 Å². The number of hydrogen-bond acceptors (Lipinski definition) is 3. The van der Waals surface area contributed by atoms with Gasteiger partial charge in [-0.2, -0.15) is 5.10 Å². The first-order valence-corrected chi connectivity index (χ1v) is 8.70. The molecule has 2 aromatic carbocycles. The fourth-order valence-electron chi connectivity index (χ4n) is 2.28. The van der Waals surface area contributed by atoms with E-state index in [4.69, 9.17) is 4.74 Å². The standard InChI is InChI=1S/C19H18BrN3O2/c1-14(25-18-9-7-16(20)8-10-18)19(24)21-11-15-12-22-23(13-15)17-5-3-2-4-6-17/h2-10,12-14H,11H2,1H3,(H,21,24)/t14-/m0/s1. The van der Waals surface area contributed by atoms with Crippen molar-refractivity contribution in [2.45, 2.75) is 19.6 Å². The fourth-order valence-corrected chi connectivity index (χ4v) is 2.54. The molecule has 3 rings (SSSR count). The molecule has 0 aliphatic rings. The summed E-state index contributed by atoms with van der Waals surface area (Å²) in [6, 6.07) is 17.2. The van der Waals surface area contributed by atoms with Gasteiger partial charge in [-0.05, 0) is 43.3 Å². The van der Waals surface area contributed by atoms with Crippen LogP contribution in [0.2, 0.25) is 0 Å². The highest BCUT2D eigenvalue weighted by atomic mass is 79.9. The molecular weight excluding hydrogens is 382 g/mol. The van der Waals surface area contributed by atoms with Crippen molar-refractivity contribution < 1.29 is 9.53 Å². The number of carbonyl (C=O) groups is 1. The maximum Gasteiger partial charge on any atom is 0.261 e.